The highest BCUT2D eigenvalue weighted by molar-refractivity contribution is 5.77. The molecule has 3 aliphatic heterocycles. The molecule has 1 aromatic rings. The molecule has 0 bridgehead atoms. The number of carbonyl (C=O) groups is 1. The van der Waals surface area contributed by atoms with E-state index in [4.69, 9.17) is 19.5 Å². The molecule has 0 N–H and O–H groups in total. The Kier molecular flexibility index (Phi) is 5.98. The molecule has 0 unspecified atom stereocenters. The van der Waals surface area contributed by atoms with Crippen molar-refractivity contribution in [2.45, 2.75) is 25.4 Å². The molecule has 1 aromatic carbocycles. The van der Waals surface area contributed by atoms with Crippen molar-refractivity contribution >= 4 is 5.91 Å². The SMILES string of the molecule is N#Cc1cccc2c1OC[C@H](CN1CCC(CCN3CCOCC3=O)CC1)O2. The van der Waals surface area contributed by atoms with E-state index in [-0.39, 0.29) is 18.6 Å². The van der Waals surface area contributed by atoms with Crippen molar-refractivity contribution < 1.29 is 19.0 Å². The zero-order valence-corrected chi connectivity index (χ0v) is 16.1. The van der Waals surface area contributed by atoms with E-state index in [1.54, 1.807) is 6.07 Å². The van der Waals surface area contributed by atoms with E-state index in [1.807, 2.05) is 17.0 Å². The molecule has 0 spiro atoms. The number of amides is 1. The maximum Gasteiger partial charge on any atom is 0.248 e. The molecule has 1 atom stereocenters. The van der Waals surface area contributed by atoms with Gasteiger partial charge in [0.15, 0.2) is 11.5 Å². The van der Waals surface area contributed by atoms with Crippen LogP contribution in [0.3, 0.4) is 0 Å². The lowest BCUT2D eigenvalue weighted by Gasteiger charge is -2.36. The maximum absolute atomic E-state index is 11.8. The van der Waals surface area contributed by atoms with E-state index >= 15 is 0 Å². The van der Waals surface area contributed by atoms with Gasteiger partial charge in [-0.1, -0.05) is 6.07 Å². The van der Waals surface area contributed by atoms with E-state index in [9.17, 15) is 4.79 Å². The van der Waals surface area contributed by atoms with Gasteiger partial charge in [-0.2, -0.15) is 5.26 Å². The molecule has 3 heterocycles. The molecule has 7 nitrogen and oxygen atoms in total. The summed E-state index contributed by atoms with van der Waals surface area (Å²) < 4.78 is 17.1. The quantitative estimate of drug-likeness (QED) is 0.767. The number of likely N-dealkylation sites (tertiary alicyclic amines) is 1. The Bertz CT molecular complexity index is 740. The van der Waals surface area contributed by atoms with Gasteiger partial charge in [-0.05, 0) is 50.4 Å². The Labute approximate surface area is 165 Å². The fraction of sp³-hybridized carbons (Fsp3) is 0.619. The number of benzene rings is 1. The lowest BCUT2D eigenvalue weighted by atomic mass is 9.93. The molecule has 7 heteroatoms. The molecule has 28 heavy (non-hydrogen) atoms. The summed E-state index contributed by atoms with van der Waals surface area (Å²) in [6.07, 6.45) is 3.37. The van der Waals surface area contributed by atoms with Gasteiger partial charge in [-0.15, -0.1) is 0 Å². The summed E-state index contributed by atoms with van der Waals surface area (Å²) in [7, 11) is 0. The first-order valence-electron chi connectivity index (χ1n) is 10.1. The number of ether oxygens (including phenoxy) is 3. The van der Waals surface area contributed by atoms with Crippen LogP contribution in [0.5, 0.6) is 11.5 Å². The molecule has 2 fully saturated rings. The number of hydrogen-bond donors (Lipinski definition) is 0. The molecule has 150 valence electrons. The van der Waals surface area contributed by atoms with Crippen LogP contribution in [0.1, 0.15) is 24.8 Å². The molecular formula is C21H27N3O4. The van der Waals surface area contributed by atoms with Gasteiger partial charge in [0.2, 0.25) is 5.91 Å². The lowest BCUT2D eigenvalue weighted by Crippen LogP contribution is -2.45. The number of fused-ring (bicyclic) bond motifs is 1. The molecular weight excluding hydrogens is 358 g/mol. The molecule has 4 rings (SSSR count). The van der Waals surface area contributed by atoms with Crippen molar-refractivity contribution in [1.82, 2.24) is 9.80 Å². The van der Waals surface area contributed by atoms with Crippen LogP contribution >= 0.6 is 0 Å². The highest BCUT2D eigenvalue weighted by Gasteiger charge is 2.28. The average Bonchev–Trinajstić information content (AvgIpc) is 2.73. The third-order valence-electron chi connectivity index (χ3n) is 5.87. The van der Waals surface area contributed by atoms with Gasteiger partial charge < -0.3 is 19.1 Å². The van der Waals surface area contributed by atoms with E-state index < -0.39 is 0 Å². The summed E-state index contributed by atoms with van der Waals surface area (Å²) in [4.78, 5) is 16.2. The standard InChI is InChI=1S/C21H27N3O4/c22-12-17-2-1-3-19-21(17)27-14-18(28-19)13-23-7-4-16(5-8-23)6-9-24-10-11-26-15-20(24)25/h1-3,16,18H,4-11,13-15H2/t18-/m0/s1. The van der Waals surface area contributed by atoms with E-state index in [2.05, 4.69) is 11.0 Å². The topological polar surface area (TPSA) is 75.0 Å². The molecule has 0 radical (unpaired) electrons. The minimum absolute atomic E-state index is 0.0102. The number of piperidine rings is 1. The summed E-state index contributed by atoms with van der Waals surface area (Å²) in [5, 5.41) is 9.17. The van der Waals surface area contributed by atoms with Crippen LogP contribution in [-0.2, 0) is 9.53 Å². The second-order valence-electron chi connectivity index (χ2n) is 7.76. The van der Waals surface area contributed by atoms with E-state index in [0.717, 1.165) is 52.0 Å². The molecule has 1 amide bonds. The summed E-state index contributed by atoms with van der Waals surface area (Å²) >= 11 is 0. The van der Waals surface area contributed by atoms with Gasteiger partial charge in [0.25, 0.3) is 0 Å². The molecule has 2 saturated heterocycles. The van der Waals surface area contributed by atoms with Crippen LogP contribution in [0.2, 0.25) is 0 Å². The third-order valence-corrected chi connectivity index (χ3v) is 5.87. The Balaban J connectivity index is 1.21. The van der Waals surface area contributed by atoms with E-state index in [1.165, 1.54) is 0 Å². The van der Waals surface area contributed by atoms with Crippen molar-refractivity contribution in [3.05, 3.63) is 23.8 Å². The first-order chi connectivity index (χ1) is 13.7. The summed E-state index contributed by atoms with van der Waals surface area (Å²) in [6.45, 7) is 5.89. The summed E-state index contributed by atoms with van der Waals surface area (Å²) in [6, 6.07) is 7.59. The number of morpholine rings is 1. The highest BCUT2D eigenvalue weighted by atomic mass is 16.6. The predicted molar refractivity (Wildman–Crippen MR) is 102 cm³/mol. The zero-order chi connectivity index (χ0) is 19.3. The number of nitriles is 1. The van der Waals surface area contributed by atoms with Crippen LogP contribution < -0.4 is 9.47 Å². The van der Waals surface area contributed by atoms with Crippen LogP contribution in [0.15, 0.2) is 18.2 Å². The van der Waals surface area contributed by atoms with Gasteiger partial charge in [0, 0.05) is 19.6 Å². The molecule has 3 aliphatic rings. The van der Waals surface area contributed by atoms with Crippen molar-refractivity contribution in [3.8, 4) is 17.6 Å². The smallest absolute Gasteiger partial charge is 0.248 e. The van der Waals surface area contributed by atoms with Crippen LogP contribution in [0, 0.1) is 17.2 Å². The van der Waals surface area contributed by atoms with Gasteiger partial charge in [-0.3, -0.25) is 9.69 Å². The molecule has 0 aromatic heterocycles. The predicted octanol–water partition coefficient (Wildman–Crippen LogP) is 1.66. The number of hydrogen-bond acceptors (Lipinski definition) is 6. The minimum atomic E-state index is -0.0102. The normalized spacial score (nSPS) is 23.5. The van der Waals surface area contributed by atoms with Crippen molar-refractivity contribution in [1.29, 1.82) is 5.26 Å². The number of carbonyl (C=O) groups excluding carboxylic acids is 1. The van der Waals surface area contributed by atoms with E-state index in [0.29, 0.717) is 36.2 Å². The van der Waals surface area contributed by atoms with Gasteiger partial charge in [0.05, 0.1) is 12.2 Å². The van der Waals surface area contributed by atoms with Gasteiger partial charge >= 0.3 is 0 Å². The first kappa shape index (κ1) is 19.0. The van der Waals surface area contributed by atoms with Crippen molar-refractivity contribution in [2.24, 2.45) is 5.92 Å². The maximum atomic E-state index is 11.8. The van der Waals surface area contributed by atoms with Crippen molar-refractivity contribution in [3.63, 3.8) is 0 Å². The Morgan fingerprint density at radius 1 is 1.21 bits per heavy atom. The average molecular weight is 385 g/mol. The van der Waals surface area contributed by atoms with Gasteiger partial charge in [0.1, 0.15) is 25.4 Å². The molecule has 0 saturated carbocycles. The molecule has 0 aliphatic carbocycles. The largest absolute Gasteiger partial charge is 0.484 e. The first-order valence-corrected chi connectivity index (χ1v) is 10.1. The van der Waals surface area contributed by atoms with Crippen LogP contribution in [0.25, 0.3) is 0 Å². The zero-order valence-electron chi connectivity index (χ0n) is 16.1. The number of para-hydroxylation sites is 1. The Morgan fingerprint density at radius 2 is 2.07 bits per heavy atom. The van der Waals surface area contributed by atoms with Crippen LogP contribution in [-0.4, -0.2) is 74.4 Å². The third kappa shape index (κ3) is 4.40. The number of nitrogens with zero attached hydrogens (tertiary/aromatic N) is 3. The monoisotopic (exact) mass is 385 g/mol. The van der Waals surface area contributed by atoms with Crippen LogP contribution in [0.4, 0.5) is 0 Å². The number of rotatable bonds is 5. The summed E-state index contributed by atoms with van der Waals surface area (Å²) in [5.74, 6) is 2.03. The Morgan fingerprint density at radius 3 is 2.86 bits per heavy atom. The second-order valence-corrected chi connectivity index (χ2v) is 7.76. The fourth-order valence-corrected chi connectivity index (χ4v) is 4.20. The fourth-order valence-electron chi connectivity index (χ4n) is 4.20. The lowest BCUT2D eigenvalue weighted by molar-refractivity contribution is -0.142. The second kappa shape index (κ2) is 8.80. The summed E-state index contributed by atoms with van der Waals surface area (Å²) in [5.41, 5.74) is 0.524. The Hall–Kier alpha value is -2.30. The van der Waals surface area contributed by atoms with Gasteiger partial charge in [-0.25, -0.2) is 0 Å². The van der Waals surface area contributed by atoms with Crippen molar-refractivity contribution in [2.75, 3.05) is 52.5 Å². The minimum Gasteiger partial charge on any atom is -0.484 e. The highest BCUT2D eigenvalue weighted by Crippen LogP contribution is 2.35.